The van der Waals surface area contributed by atoms with Gasteiger partial charge in [0.1, 0.15) is 0 Å². The van der Waals surface area contributed by atoms with Crippen molar-refractivity contribution in [2.45, 2.75) is 24.3 Å². The molecule has 172 valence electrons. The summed E-state index contributed by atoms with van der Waals surface area (Å²) < 4.78 is 32.3. The van der Waals surface area contributed by atoms with Gasteiger partial charge in [-0.3, -0.25) is 9.59 Å². The van der Waals surface area contributed by atoms with Crippen LogP contribution in [0.15, 0.2) is 53.4 Å². The van der Waals surface area contributed by atoms with Gasteiger partial charge in [0.05, 0.1) is 24.5 Å². The molecule has 1 atom stereocenters. The first-order valence-corrected chi connectivity index (χ1v) is 11.9. The number of esters is 1. The fraction of sp³-hybridized carbons (Fsp3) is 0.391. The Labute approximate surface area is 189 Å². The van der Waals surface area contributed by atoms with Gasteiger partial charge in [0.2, 0.25) is 10.0 Å². The molecule has 0 bridgehead atoms. The van der Waals surface area contributed by atoms with Crippen molar-refractivity contribution < 1.29 is 22.7 Å². The fourth-order valence-electron chi connectivity index (χ4n) is 3.52. The number of hydrogen-bond acceptors (Lipinski definition) is 6. The number of benzene rings is 2. The summed E-state index contributed by atoms with van der Waals surface area (Å²) in [6, 6.07) is 12.9. The lowest BCUT2D eigenvalue weighted by Gasteiger charge is -2.31. The maximum absolute atomic E-state index is 13.0. The van der Waals surface area contributed by atoms with Crippen molar-refractivity contribution in [3.63, 3.8) is 0 Å². The van der Waals surface area contributed by atoms with Gasteiger partial charge in [-0.1, -0.05) is 35.9 Å². The molecule has 9 heteroatoms. The second-order valence-corrected chi connectivity index (χ2v) is 9.89. The van der Waals surface area contributed by atoms with Crippen LogP contribution in [0.1, 0.15) is 33.9 Å². The number of sulfonamides is 1. The first kappa shape index (κ1) is 23.9. The Balaban J connectivity index is 1.81. The standard InChI is InChI=1S/C23H29N3O5S/c1-17-7-9-18(10-8-17)21(16-22(27)31-3)24-23(28)19-5-4-6-20(15-19)32(29,30)26-13-11-25(2)12-14-26/h4-10,15,21H,11-14,16H2,1-3H3,(H,24,28). The van der Waals surface area contributed by atoms with E-state index in [1.165, 1.54) is 23.5 Å². The molecule has 8 nitrogen and oxygen atoms in total. The lowest BCUT2D eigenvalue weighted by molar-refractivity contribution is -0.141. The number of aryl methyl sites for hydroxylation is 1. The zero-order valence-electron chi connectivity index (χ0n) is 18.6. The molecule has 32 heavy (non-hydrogen) atoms. The zero-order chi connectivity index (χ0) is 23.3. The molecule has 0 aliphatic carbocycles. The second-order valence-electron chi connectivity index (χ2n) is 7.95. The van der Waals surface area contributed by atoms with Crippen molar-refractivity contribution in [1.82, 2.24) is 14.5 Å². The predicted molar refractivity (Wildman–Crippen MR) is 121 cm³/mol. The highest BCUT2D eigenvalue weighted by Crippen LogP contribution is 2.21. The lowest BCUT2D eigenvalue weighted by Crippen LogP contribution is -2.47. The van der Waals surface area contributed by atoms with Crippen LogP contribution in [0.25, 0.3) is 0 Å². The highest BCUT2D eigenvalue weighted by Gasteiger charge is 2.28. The minimum absolute atomic E-state index is 0.0371. The van der Waals surface area contributed by atoms with Gasteiger partial charge in [-0.05, 0) is 37.7 Å². The highest BCUT2D eigenvalue weighted by molar-refractivity contribution is 7.89. The molecular weight excluding hydrogens is 430 g/mol. The van der Waals surface area contributed by atoms with Crippen LogP contribution in [0, 0.1) is 6.92 Å². The third kappa shape index (κ3) is 5.73. The van der Waals surface area contributed by atoms with Gasteiger partial charge in [0.15, 0.2) is 0 Å². The van der Waals surface area contributed by atoms with Crippen molar-refractivity contribution in [2.24, 2.45) is 0 Å². The molecule has 1 saturated heterocycles. The molecule has 2 aromatic carbocycles. The van der Waals surface area contributed by atoms with Crippen LogP contribution < -0.4 is 5.32 Å². The Morgan fingerprint density at radius 3 is 2.34 bits per heavy atom. The van der Waals surface area contributed by atoms with Gasteiger partial charge >= 0.3 is 5.97 Å². The van der Waals surface area contributed by atoms with Crippen LogP contribution in [0.4, 0.5) is 0 Å². The Morgan fingerprint density at radius 1 is 1.06 bits per heavy atom. The third-order valence-electron chi connectivity index (χ3n) is 5.58. The van der Waals surface area contributed by atoms with Crippen LogP contribution in [-0.4, -0.2) is 69.8 Å². The van der Waals surface area contributed by atoms with E-state index in [1.807, 2.05) is 38.2 Å². The van der Waals surface area contributed by atoms with Crippen LogP contribution in [-0.2, 0) is 19.6 Å². The molecule has 1 aliphatic rings. The first-order valence-electron chi connectivity index (χ1n) is 10.4. The molecule has 1 N–H and O–H groups in total. The minimum Gasteiger partial charge on any atom is -0.469 e. The Hall–Kier alpha value is -2.75. The van der Waals surface area contributed by atoms with Gasteiger partial charge in [-0.2, -0.15) is 4.31 Å². The van der Waals surface area contributed by atoms with Crippen LogP contribution in [0.2, 0.25) is 0 Å². The topological polar surface area (TPSA) is 96.0 Å². The van der Waals surface area contributed by atoms with Gasteiger partial charge in [0.25, 0.3) is 5.91 Å². The fourth-order valence-corrected chi connectivity index (χ4v) is 4.99. The van der Waals surface area contributed by atoms with Gasteiger partial charge in [-0.15, -0.1) is 0 Å². The number of likely N-dealkylation sites (N-methyl/N-ethyl adjacent to an activating group) is 1. The molecule has 1 heterocycles. The number of piperazine rings is 1. The molecule has 0 radical (unpaired) electrons. The Morgan fingerprint density at radius 2 is 1.72 bits per heavy atom. The quantitative estimate of drug-likeness (QED) is 0.636. The van der Waals surface area contributed by atoms with E-state index in [0.29, 0.717) is 26.2 Å². The maximum atomic E-state index is 13.0. The number of amides is 1. The molecule has 3 rings (SSSR count). The van der Waals surface area contributed by atoms with Crippen molar-refractivity contribution >= 4 is 21.9 Å². The van der Waals surface area contributed by atoms with Gasteiger partial charge in [0, 0.05) is 31.7 Å². The number of nitrogens with zero attached hydrogens (tertiary/aromatic N) is 2. The number of hydrogen-bond donors (Lipinski definition) is 1. The normalized spacial score (nSPS) is 16.3. The Kier molecular flexibility index (Phi) is 7.65. The van der Waals surface area contributed by atoms with Crippen LogP contribution >= 0.6 is 0 Å². The summed E-state index contributed by atoms with van der Waals surface area (Å²) in [6.07, 6.45) is -0.0371. The van der Waals surface area contributed by atoms with Crippen molar-refractivity contribution in [1.29, 1.82) is 0 Å². The molecule has 1 fully saturated rings. The van der Waals surface area contributed by atoms with Crippen molar-refractivity contribution in [3.8, 4) is 0 Å². The van der Waals surface area contributed by atoms with E-state index in [0.717, 1.165) is 11.1 Å². The van der Waals surface area contributed by atoms with Gasteiger partial charge in [-0.25, -0.2) is 8.42 Å². The molecular formula is C23H29N3O5S. The van der Waals surface area contributed by atoms with E-state index in [9.17, 15) is 18.0 Å². The number of carbonyl (C=O) groups is 2. The molecule has 1 unspecified atom stereocenters. The SMILES string of the molecule is COC(=O)CC(NC(=O)c1cccc(S(=O)(=O)N2CCN(C)CC2)c1)c1ccc(C)cc1. The van der Waals surface area contributed by atoms with Crippen LogP contribution in [0.5, 0.6) is 0 Å². The van der Waals surface area contributed by atoms with Gasteiger partial charge < -0.3 is 15.0 Å². The van der Waals surface area contributed by atoms with E-state index < -0.39 is 27.9 Å². The smallest absolute Gasteiger partial charge is 0.307 e. The monoisotopic (exact) mass is 459 g/mol. The van der Waals surface area contributed by atoms with Crippen LogP contribution in [0.3, 0.4) is 0 Å². The van der Waals surface area contributed by atoms with E-state index in [-0.39, 0.29) is 16.9 Å². The number of ether oxygens (including phenoxy) is 1. The Bertz CT molecular complexity index is 1060. The van der Waals surface area contributed by atoms with E-state index in [4.69, 9.17) is 4.74 Å². The van der Waals surface area contributed by atoms with Crippen molar-refractivity contribution in [3.05, 3.63) is 65.2 Å². The summed E-state index contributed by atoms with van der Waals surface area (Å²) in [5.74, 6) is -0.919. The summed E-state index contributed by atoms with van der Waals surface area (Å²) in [5, 5.41) is 2.84. The summed E-state index contributed by atoms with van der Waals surface area (Å²) >= 11 is 0. The predicted octanol–water partition coefficient (Wildman–Crippen LogP) is 1.97. The molecule has 0 saturated carbocycles. The van der Waals surface area contributed by atoms with Crippen molar-refractivity contribution in [2.75, 3.05) is 40.3 Å². The number of methoxy groups -OCH3 is 1. The number of nitrogens with one attached hydrogen (secondary N) is 1. The second kappa shape index (κ2) is 10.2. The highest BCUT2D eigenvalue weighted by atomic mass is 32.2. The molecule has 0 spiro atoms. The average molecular weight is 460 g/mol. The first-order chi connectivity index (χ1) is 15.2. The molecule has 0 aromatic heterocycles. The van der Waals surface area contributed by atoms with E-state index >= 15 is 0 Å². The average Bonchev–Trinajstić information content (AvgIpc) is 2.79. The summed E-state index contributed by atoms with van der Waals surface area (Å²) in [6.45, 7) is 4.08. The lowest BCUT2D eigenvalue weighted by atomic mass is 10.0. The summed E-state index contributed by atoms with van der Waals surface area (Å²) in [5.41, 5.74) is 2.02. The third-order valence-corrected chi connectivity index (χ3v) is 7.47. The molecule has 2 aromatic rings. The summed E-state index contributed by atoms with van der Waals surface area (Å²) in [4.78, 5) is 27.0. The minimum atomic E-state index is -3.70. The zero-order valence-corrected chi connectivity index (χ0v) is 19.4. The number of rotatable bonds is 7. The number of carbonyl (C=O) groups excluding carboxylic acids is 2. The molecule has 1 amide bonds. The van der Waals surface area contributed by atoms with E-state index in [1.54, 1.807) is 12.1 Å². The van der Waals surface area contributed by atoms with E-state index in [2.05, 4.69) is 10.2 Å². The summed E-state index contributed by atoms with van der Waals surface area (Å²) in [7, 11) is -0.450. The maximum Gasteiger partial charge on any atom is 0.307 e. The largest absolute Gasteiger partial charge is 0.469 e. The molecule has 1 aliphatic heterocycles.